The van der Waals surface area contributed by atoms with Gasteiger partial charge in [0.15, 0.2) is 5.78 Å². The van der Waals surface area contributed by atoms with E-state index in [2.05, 4.69) is 0 Å². The number of amides is 1. The molecule has 1 saturated heterocycles. The maximum atomic E-state index is 12.9. The number of rotatable bonds is 6. The Bertz CT molecular complexity index is 590. The number of carbonyl (C=O) groups excluding carboxylic acids is 2. The minimum atomic E-state index is -0.953. The number of hydrogen-bond acceptors (Lipinski definition) is 4. The summed E-state index contributed by atoms with van der Waals surface area (Å²) in [5.74, 6) is -1.87. The zero-order valence-corrected chi connectivity index (χ0v) is 13.4. The zero-order chi connectivity index (χ0) is 16.8. The monoisotopic (exact) mass is 339 g/mol. The van der Waals surface area contributed by atoms with Gasteiger partial charge in [0.1, 0.15) is 5.82 Å². The van der Waals surface area contributed by atoms with Gasteiger partial charge in [0.2, 0.25) is 5.91 Å². The molecule has 0 radical (unpaired) electrons. The maximum Gasteiger partial charge on any atom is 0.313 e. The van der Waals surface area contributed by atoms with E-state index in [-0.39, 0.29) is 29.1 Å². The van der Waals surface area contributed by atoms with Gasteiger partial charge >= 0.3 is 5.97 Å². The molecule has 0 spiro atoms. The molecular formula is C16H18FNO4S. The summed E-state index contributed by atoms with van der Waals surface area (Å²) < 4.78 is 12.9. The Labute approximate surface area is 137 Å². The van der Waals surface area contributed by atoms with E-state index in [0.717, 1.165) is 18.2 Å². The Hall–Kier alpha value is -1.89. The molecule has 0 bridgehead atoms. The first-order chi connectivity index (χ1) is 11.0. The molecule has 0 saturated carbocycles. The third-order valence-electron chi connectivity index (χ3n) is 3.72. The third kappa shape index (κ3) is 5.06. The Kier molecular flexibility index (Phi) is 6.15. The van der Waals surface area contributed by atoms with Crippen LogP contribution in [-0.2, 0) is 9.59 Å². The maximum absolute atomic E-state index is 12.9. The van der Waals surface area contributed by atoms with E-state index < -0.39 is 11.8 Å². The lowest BCUT2D eigenvalue weighted by Crippen LogP contribution is -2.43. The molecule has 1 heterocycles. The average Bonchev–Trinajstić information content (AvgIpc) is 2.54. The number of carboxylic acid groups (broad SMARTS) is 1. The van der Waals surface area contributed by atoms with Crippen molar-refractivity contribution < 1.29 is 23.9 Å². The first kappa shape index (κ1) is 17.5. The van der Waals surface area contributed by atoms with Gasteiger partial charge in [-0.05, 0) is 37.1 Å². The number of halogens is 1. The van der Waals surface area contributed by atoms with Gasteiger partial charge in [-0.2, -0.15) is 0 Å². The lowest BCUT2D eigenvalue weighted by molar-refractivity contribution is -0.133. The molecule has 1 aromatic rings. The number of thioether (sulfide) groups is 1. The van der Waals surface area contributed by atoms with Gasteiger partial charge in [0.25, 0.3) is 0 Å². The average molecular weight is 339 g/mol. The second-order valence-corrected chi connectivity index (χ2v) is 6.42. The fraction of sp³-hybridized carbons (Fsp3) is 0.438. The van der Waals surface area contributed by atoms with Gasteiger partial charge in [-0.15, -0.1) is 11.8 Å². The van der Waals surface area contributed by atoms with Crippen LogP contribution in [0, 0.1) is 11.7 Å². The second-order valence-electron chi connectivity index (χ2n) is 5.44. The van der Waals surface area contributed by atoms with Crippen molar-refractivity contribution in [2.75, 3.05) is 24.6 Å². The van der Waals surface area contributed by atoms with Crippen molar-refractivity contribution in [2.45, 2.75) is 12.8 Å². The minimum absolute atomic E-state index is 0.0827. The number of carboxylic acids is 1. The summed E-state index contributed by atoms with van der Waals surface area (Å²) in [5, 5.41) is 8.58. The lowest BCUT2D eigenvalue weighted by Gasteiger charge is -2.32. The van der Waals surface area contributed by atoms with E-state index in [9.17, 15) is 18.8 Å². The molecule has 1 fully saturated rings. The smallest absolute Gasteiger partial charge is 0.313 e. The highest BCUT2D eigenvalue weighted by molar-refractivity contribution is 8.00. The molecule has 0 aromatic heterocycles. The number of nitrogens with zero attached hydrogens (tertiary/aromatic N) is 1. The number of piperidine rings is 1. The molecule has 5 nitrogen and oxygen atoms in total. The Balaban J connectivity index is 1.92. The van der Waals surface area contributed by atoms with Crippen LogP contribution in [-0.4, -0.2) is 52.3 Å². The molecule has 2 rings (SSSR count). The van der Waals surface area contributed by atoms with Crippen LogP contribution in [0.2, 0.25) is 0 Å². The number of ketones is 1. The number of Topliss-reactive ketones (excluding diaryl/α,β-unsaturated/α-hetero) is 1. The number of benzene rings is 1. The number of hydrogen-bond donors (Lipinski definition) is 1. The van der Waals surface area contributed by atoms with Crippen LogP contribution in [0.1, 0.15) is 23.2 Å². The molecule has 0 aliphatic carbocycles. The summed E-state index contributed by atoms with van der Waals surface area (Å²) in [7, 11) is 0. The molecule has 1 aliphatic heterocycles. The predicted octanol–water partition coefficient (Wildman–Crippen LogP) is 2.06. The molecule has 7 heteroatoms. The van der Waals surface area contributed by atoms with Gasteiger partial charge < -0.3 is 10.0 Å². The van der Waals surface area contributed by atoms with Gasteiger partial charge in [-0.1, -0.05) is 0 Å². The topological polar surface area (TPSA) is 74.7 Å². The molecule has 1 unspecified atom stereocenters. The third-order valence-corrected chi connectivity index (χ3v) is 4.63. The Morgan fingerprint density at radius 3 is 2.57 bits per heavy atom. The predicted molar refractivity (Wildman–Crippen MR) is 85.0 cm³/mol. The first-order valence-electron chi connectivity index (χ1n) is 7.34. The van der Waals surface area contributed by atoms with Crippen molar-refractivity contribution in [1.29, 1.82) is 0 Å². The summed E-state index contributed by atoms with van der Waals surface area (Å²) in [6, 6.07) is 5.42. The molecule has 1 aliphatic rings. The number of carbonyl (C=O) groups is 3. The van der Waals surface area contributed by atoms with Crippen molar-refractivity contribution >= 4 is 29.4 Å². The SMILES string of the molecule is O=C(O)CSCC(=O)N1CCCC(C(=O)c2ccc(F)cc2)C1. The van der Waals surface area contributed by atoms with Crippen LogP contribution in [0.5, 0.6) is 0 Å². The highest BCUT2D eigenvalue weighted by Gasteiger charge is 2.28. The van der Waals surface area contributed by atoms with Crippen molar-refractivity contribution in [3.8, 4) is 0 Å². The van der Waals surface area contributed by atoms with E-state index in [1.807, 2.05) is 0 Å². The lowest BCUT2D eigenvalue weighted by atomic mass is 9.90. The van der Waals surface area contributed by atoms with Crippen LogP contribution in [0.4, 0.5) is 4.39 Å². The standard InChI is InChI=1S/C16H18FNO4S/c17-13-5-3-11(4-6-13)16(22)12-2-1-7-18(8-12)14(19)9-23-10-15(20)21/h3-6,12H,1-2,7-10H2,(H,20,21). The highest BCUT2D eigenvalue weighted by atomic mass is 32.2. The van der Waals surface area contributed by atoms with Crippen molar-refractivity contribution in [3.05, 3.63) is 35.6 Å². The molecule has 1 N–H and O–H groups in total. The van der Waals surface area contributed by atoms with E-state index in [1.165, 1.54) is 24.3 Å². The first-order valence-corrected chi connectivity index (χ1v) is 8.50. The molecule has 1 atom stereocenters. The minimum Gasteiger partial charge on any atom is -0.481 e. The molecule has 124 valence electrons. The van der Waals surface area contributed by atoms with E-state index >= 15 is 0 Å². The van der Waals surface area contributed by atoms with Crippen LogP contribution in [0.3, 0.4) is 0 Å². The van der Waals surface area contributed by atoms with E-state index in [4.69, 9.17) is 5.11 Å². The van der Waals surface area contributed by atoms with Gasteiger partial charge in [0.05, 0.1) is 11.5 Å². The Morgan fingerprint density at radius 2 is 1.91 bits per heavy atom. The van der Waals surface area contributed by atoms with Crippen molar-refractivity contribution in [1.82, 2.24) is 4.90 Å². The number of likely N-dealkylation sites (tertiary alicyclic amines) is 1. The Morgan fingerprint density at radius 1 is 1.22 bits per heavy atom. The summed E-state index contributed by atoms with van der Waals surface area (Å²) in [5.41, 5.74) is 0.450. The quantitative estimate of drug-likeness (QED) is 0.803. The highest BCUT2D eigenvalue weighted by Crippen LogP contribution is 2.22. The largest absolute Gasteiger partial charge is 0.481 e. The number of aliphatic carboxylic acids is 1. The molecular weight excluding hydrogens is 321 g/mol. The van der Waals surface area contributed by atoms with Crippen molar-refractivity contribution in [3.63, 3.8) is 0 Å². The summed E-state index contributed by atoms with van der Waals surface area (Å²) in [6.45, 7) is 0.919. The zero-order valence-electron chi connectivity index (χ0n) is 12.5. The van der Waals surface area contributed by atoms with E-state index in [1.54, 1.807) is 4.90 Å². The summed E-state index contributed by atoms with van der Waals surface area (Å²) >= 11 is 1.05. The van der Waals surface area contributed by atoms with Gasteiger partial charge in [-0.25, -0.2) is 4.39 Å². The molecule has 23 heavy (non-hydrogen) atoms. The summed E-state index contributed by atoms with van der Waals surface area (Å²) in [4.78, 5) is 36.6. The molecule has 1 aromatic carbocycles. The second kappa shape index (κ2) is 8.10. The summed E-state index contributed by atoms with van der Waals surface area (Å²) in [6.07, 6.45) is 1.43. The van der Waals surface area contributed by atoms with Crippen LogP contribution >= 0.6 is 11.8 Å². The fourth-order valence-electron chi connectivity index (χ4n) is 2.58. The van der Waals surface area contributed by atoms with Crippen LogP contribution in [0.25, 0.3) is 0 Å². The van der Waals surface area contributed by atoms with Gasteiger partial charge in [-0.3, -0.25) is 14.4 Å². The van der Waals surface area contributed by atoms with E-state index in [0.29, 0.717) is 25.1 Å². The van der Waals surface area contributed by atoms with Crippen molar-refractivity contribution in [2.24, 2.45) is 5.92 Å². The van der Waals surface area contributed by atoms with Gasteiger partial charge in [0, 0.05) is 24.6 Å². The van der Waals surface area contributed by atoms with Crippen LogP contribution < -0.4 is 0 Å². The molecule has 1 amide bonds. The fourth-order valence-corrected chi connectivity index (χ4v) is 3.22. The van der Waals surface area contributed by atoms with Crippen LogP contribution in [0.15, 0.2) is 24.3 Å². The normalized spacial score (nSPS) is 17.8.